The molecule has 0 radical (unpaired) electrons. The molecule has 4 nitrogen and oxygen atoms in total. The number of halogens is 1. The van der Waals surface area contributed by atoms with Gasteiger partial charge in [0.1, 0.15) is 18.5 Å². The Bertz CT molecular complexity index is 527. The first-order valence-corrected chi connectivity index (χ1v) is 6.02. The van der Waals surface area contributed by atoms with Gasteiger partial charge in [-0.2, -0.15) is 0 Å². The Labute approximate surface area is 110 Å². The van der Waals surface area contributed by atoms with Crippen molar-refractivity contribution in [2.75, 3.05) is 18.5 Å². The second-order valence-electron chi connectivity index (χ2n) is 4.15. The maximum atomic E-state index is 13.6. The third-order valence-electron chi connectivity index (χ3n) is 2.76. The number of carbonyl (C=O) groups excluding carboxylic acids is 1. The van der Waals surface area contributed by atoms with Gasteiger partial charge in [0.05, 0.1) is 5.56 Å². The molecule has 1 aliphatic heterocycles. The Hall–Kier alpha value is -1.90. The molecule has 1 saturated heterocycles. The van der Waals surface area contributed by atoms with Crippen LogP contribution in [0.4, 0.5) is 10.1 Å². The van der Waals surface area contributed by atoms with Gasteiger partial charge in [-0.3, -0.25) is 4.79 Å². The maximum Gasteiger partial charge on any atom is 0.253 e. The minimum absolute atomic E-state index is 0.184. The number of benzene rings is 1. The molecule has 1 atom stereocenters. The van der Waals surface area contributed by atoms with E-state index in [4.69, 9.17) is 9.84 Å². The summed E-state index contributed by atoms with van der Waals surface area (Å²) in [5.41, 5.74) is 0.553. The molecule has 1 unspecified atom stereocenters. The normalized spacial score (nSPS) is 17.7. The van der Waals surface area contributed by atoms with Crippen molar-refractivity contribution in [1.82, 2.24) is 0 Å². The summed E-state index contributed by atoms with van der Waals surface area (Å²) in [6.45, 7) is 0.263. The van der Waals surface area contributed by atoms with Gasteiger partial charge < -0.3 is 15.2 Å². The molecule has 100 valence electrons. The molecule has 1 heterocycles. The van der Waals surface area contributed by atoms with Crippen LogP contribution in [0.15, 0.2) is 18.2 Å². The standard InChI is InChI=1S/C14H14FNO3/c15-12-9-11(6-5-10(12)3-1-7-17)16-14(18)13-4-2-8-19-13/h5-6,9,13,17H,2,4,7-8H2,(H,16,18). The molecule has 1 aromatic rings. The summed E-state index contributed by atoms with van der Waals surface area (Å²) in [5, 5.41) is 11.2. The average Bonchev–Trinajstić information content (AvgIpc) is 2.92. The van der Waals surface area contributed by atoms with E-state index in [0.717, 1.165) is 6.42 Å². The fourth-order valence-corrected chi connectivity index (χ4v) is 1.84. The molecule has 0 saturated carbocycles. The van der Waals surface area contributed by atoms with Crippen molar-refractivity contribution >= 4 is 11.6 Å². The van der Waals surface area contributed by atoms with Gasteiger partial charge in [-0.15, -0.1) is 0 Å². The van der Waals surface area contributed by atoms with Gasteiger partial charge in [-0.05, 0) is 31.0 Å². The minimum Gasteiger partial charge on any atom is -0.384 e. The number of carbonyl (C=O) groups is 1. The van der Waals surface area contributed by atoms with E-state index in [2.05, 4.69) is 17.2 Å². The summed E-state index contributed by atoms with van der Waals surface area (Å²) in [5.74, 6) is 4.06. The molecule has 0 bridgehead atoms. The lowest BCUT2D eigenvalue weighted by molar-refractivity contribution is -0.124. The van der Waals surface area contributed by atoms with Crippen molar-refractivity contribution in [3.8, 4) is 11.8 Å². The fourth-order valence-electron chi connectivity index (χ4n) is 1.84. The Morgan fingerprint density at radius 2 is 2.42 bits per heavy atom. The summed E-state index contributed by atoms with van der Waals surface area (Å²) < 4.78 is 18.9. The van der Waals surface area contributed by atoms with Crippen molar-refractivity contribution in [3.63, 3.8) is 0 Å². The molecule has 2 N–H and O–H groups in total. The highest BCUT2D eigenvalue weighted by atomic mass is 19.1. The topological polar surface area (TPSA) is 58.6 Å². The number of nitrogens with one attached hydrogen (secondary N) is 1. The second kappa shape index (κ2) is 6.32. The zero-order valence-corrected chi connectivity index (χ0v) is 10.3. The summed E-state index contributed by atoms with van der Waals surface area (Å²) in [7, 11) is 0. The third-order valence-corrected chi connectivity index (χ3v) is 2.76. The number of rotatable bonds is 2. The number of hydrogen-bond donors (Lipinski definition) is 2. The second-order valence-corrected chi connectivity index (χ2v) is 4.15. The van der Waals surface area contributed by atoms with Gasteiger partial charge in [-0.1, -0.05) is 11.8 Å². The van der Waals surface area contributed by atoms with E-state index in [0.29, 0.717) is 18.7 Å². The number of amides is 1. The first-order valence-electron chi connectivity index (χ1n) is 6.02. The van der Waals surface area contributed by atoms with Gasteiger partial charge in [0.25, 0.3) is 5.91 Å². The highest BCUT2D eigenvalue weighted by molar-refractivity contribution is 5.94. The highest BCUT2D eigenvalue weighted by Crippen LogP contribution is 2.17. The van der Waals surface area contributed by atoms with Crippen LogP contribution in [0.5, 0.6) is 0 Å². The van der Waals surface area contributed by atoms with Crippen LogP contribution in [0.25, 0.3) is 0 Å². The summed E-state index contributed by atoms with van der Waals surface area (Å²) >= 11 is 0. The summed E-state index contributed by atoms with van der Waals surface area (Å²) in [6.07, 6.45) is 1.10. The quantitative estimate of drug-likeness (QED) is 0.790. The maximum absolute atomic E-state index is 13.6. The van der Waals surface area contributed by atoms with Crippen molar-refractivity contribution in [2.24, 2.45) is 0 Å². The van der Waals surface area contributed by atoms with E-state index in [1.54, 1.807) is 6.07 Å². The lowest BCUT2D eigenvalue weighted by Crippen LogP contribution is -2.26. The molecule has 0 aromatic heterocycles. The van der Waals surface area contributed by atoms with E-state index in [1.807, 2.05) is 0 Å². The third kappa shape index (κ3) is 3.53. The monoisotopic (exact) mass is 263 g/mol. The molecule has 19 heavy (non-hydrogen) atoms. The van der Waals surface area contributed by atoms with E-state index in [9.17, 15) is 9.18 Å². The van der Waals surface area contributed by atoms with Gasteiger partial charge in [0.15, 0.2) is 0 Å². The van der Waals surface area contributed by atoms with Crippen molar-refractivity contribution < 1.29 is 19.0 Å². The van der Waals surface area contributed by atoms with Crippen LogP contribution in [0.2, 0.25) is 0 Å². The first-order chi connectivity index (χ1) is 9.20. The zero-order chi connectivity index (χ0) is 13.7. The number of ether oxygens (including phenoxy) is 1. The predicted octanol–water partition coefficient (Wildman–Crippen LogP) is 1.29. The largest absolute Gasteiger partial charge is 0.384 e. The van der Waals surface area contributed by atoms with E-state index in [1.165, 1.54) is 12.1 Å². The van der Waals surface area contributed by atoms with E-state index < -0.39 is 11.9 Å². The van der Waals surface area contributed by atoms with Gasteiger partial charge >= 0.3 is 0 Å². The predicted molar refractivity (Wildman–Crippen MR) is 68.0 cm³/mol. The molecular formula is C14H14FNO3. The lowest BCUT2D eigenvalue weighted by Gasteiger charge is -2.10. The van der Waals surface area contributed by atoms with Crippen molar-refractivity contribution in [2.45, 2.75) is 18.9 Å². The zero-order valence-electron chi connectivity index (χ0n) is 10.3. The lowest BCUT2D eigenvalue weighted by atomic mass is 10.2. The number of aliphatic hydroxyl groups excluding tert-OH is 1. The molecule has 2 rings (SSSR count). The Morgan fingerprint density at radius 3 is 3.05 bits per heavy atom. The van der Waals surface area contributed by atoms with Crippen LogP contribution in [0, 0.1) is 17.7 Å². The Morgan fingerprint density at radius 1 is 1.58 bits per heavy atom. The molecule has 1 amide bonds. The summed E-state index contributed by atoms with van der Waals surface area (Å²) in [4.78, 5) is 11.8. The van der Waals surface area contributed by atoms with Crippen molar-refractivity contribution in [3.05, 3.63) is 29.6 Å². The number of aliphatic hydroxyl groups is 1. The van der Waals surface area contributed by atoms with Gasteiger partial charge in [0.2, 0.25) is 0 Å². The Kier molecular flexibility index (Phi) is 4.50. The van der Waals surface area contributed by atoms with E-state index in [-0.39, 0.29) is 18.1 Å². The van der Waals surface area contributed by atoms with Crippen LogP contribution in [0.1, 0.15) is 18.4 Å². The van der Waals surface area contributed by atoms with Crippen molar-refractivity contribution in [1.29, 1.82) is 0 Å². The molecular weight excluding hydrogens is 249 g/mol. The van der Waals surface area contributed by atoms with E-state index >= 15 is 0 Å². The molecule has 1 fully saturated rings. The molecule has 1 aliphatic rings. The van der Waals surface area contributed by atoms with Crippen LogP contribution >= 0.6 is 0 Å². The van der Waals surface area contributed by atoms with Gasteiger partial charge in [-0.25, -0.2) is 4.39 Å². The van der Waals surface area contributed by atoms with Gasteiger partial charge in [0, 0.05) is 12.3 Å². The summed E-state index contributed by atoms with van der Waals surface area (Å²) in [6, 6.07) is 4.23. The molecule has 5 heteroatoms. The smallest absolute Gasteiger partial charge is 0.253 e. The average molecular weight is 263 g/mol. The number of anilines is 1. The van der Waals surface area contributed by atoms with Crippen LogP contribution in [-0.4, -0.2) is 30.3 Å². The highest BCUT2D eigenvalue weighted by Gasteiger charge is 2.23. The fraction of sp³-hybridized carbons (Fsp3) is 0.357. The van der Waals surface area contributed by atoms with Crippen LogP contribution in [0.3, 0.4) is 0 Å². The molecule has 0 spiro atoms. The molecule has 0 aliphatic carbocycles. The molecule has 1 aromatic carbocycles. The Balaban J connectivity index is 2.05. The first kappa shape index (κ1) is 13.5. The minimum atomic E-state index is -0.536. The SMILES string of the molecule is O=C(Nc1ccc(C#CCO)c(F)c1)C1CCCO1. The van der Waals surface area contributed by atoms with Crippen LogP contribution < -0.4 is 5.32 Å². The van der Waals surface area contributed by atoms with Crippen LogP contribution in [-0.2, 0) is 9.53 Å². The number of hydrogen-bond acceptors (Lipinski definition) is 3.